The Morgan fingerprint density at radius 3 is 1.90 bits per heavy atom. The highest BCUT2D eigenvalue weighted by molar-refractivity contribution is 5.94. The maximum atomic E-state index is 13.6. The van der Waals surface area contributed by atoms with E-state index in [1.807, 2.05) is 77.7 Å². The minimum atomic E-state index is -0.156. The summed E-state index contributed by atoms with van der Waals surface area (Å²) in [6.45, 7) is 2.75. The van der Waals surface area contributed by atoms with Crippen LogP contribution in [-0.2, 0) is 0 Å². The highest BCUT2D eigenvalue weighted by atomic mass is 16.5. The van der Waals surface area contributed by atoms with Crippen LogP contribution < -0.4 is 19.1 Å². The molecule has 2 heterocycles. The largest absolute Gasteiger partial charge is 0.497 e. The number of carbonyl (C=O) groups is 1. The second-order valence-corrected chi connectivity index (χ2v) is 9.40. The Morgan fingerprint density at radius 1 is 0.744 bits per heavy atom. The number of anilines is 1. The first-order valence-electron chi connectivity index (χ1n) is 13.0. The quantitative estimate of drug-likeness (QED) is 0.314. The van der Waals surface area contributed by atoms with Gasteiger partial charge in [0.1, 0.15) is 17.2 Å². The molecule has 0 N–H and O–H groups in total. The van der Waals surface area contributed by atoms with Crippen LogP contribution in [0.25, 0.3) is 0 Å². The van der Waals surface area contributed by atoms with E-state index in [0.29, 0.717) is 18.7 Å². The number of pyridine rings is 1. The van der Waals surface area contributed by atoms with Crippen LogP contribution in [0, 0.1) is 0 Å². The van der Waals surface area contributed by atoms with E-state index in [-0.39, 0.29) is 11.8 Å². The molecule has 0 saturated carbocycles. The van der Waals surface area contributed by atoms with Crippen molar-refractivity contribution in [1.82, 2.24) is 9.88 Å². The van der Waals surface area contributed by atoms with Crippen molar-refractivity contribution in [3.05, 3.63) is 114 Å². The number of para-hydroxylation sites is 2. The second kappa shape index (κ2) is 11.9. The summed E-state index contributed by atoms with van der Waals surface area (Å²) in [6.07, 6.45) is 1.73. The Labute approximate surface area is 229 Å². The summed E-state index contributed by atoms with van der Waals surface area (Å²) in [5.41, 5.74) is 4.62. The third-order valence-electron chi connectivity index (χ3n) is 7.21. The van der Waals surface area contributed by atoms with E-state index in [1.165, 1.54) is 0 Å². The average molecular weight is 524 g/mol. The van der Waals surface area contributed by atoms with Crippen molar-refractivity contribution < 1.29 is 19.0 Å². The van der Waals surface area contributed by atoms with Gasteiger partial charge < -0.3 is 24.0 Å². The first kappa shape index (κ1) is 26.1. The lowest BCUT2D eigenvalue weighted by atomic mass is 9.87. The first-order valence-corrected chi connectivity index (χ1v) is 13.0. The molecular weight excluding hydrogens is 490 g/mol. The molecule has 5 rings (SSSR count). The smallest absolute Gasteiger partial charge is 0.254 e. The zero-order chi connectivity index (χ0) is 27.2. The van der Waals surface area contributed by atoms with Gasteiger partial charge in [0, 0.05) is 37.9 Å². The zero-order valence-electron chi connectivity index (χ0n) is 22.5. The van der Waals surface area contributed by atoms with Gasteiger partial charge in [0.25, 0.3) is 5.91 Å². The van der Waals surface area contributed by atoms with Crippen LogP contribution in [0.5, 0.6) is 17.2 Å². The lowest BCUT2D eigenvalue weighted by molar-refractivity contribution is 0.0746. The fourth-order valence-electron chi connectivity index (χ4n) is 5.09. The molecule has 1 saturated heterocycles. The molecular formula is C32H33N3O4. The fraction of sp³-hybridized carbons (Fsp3) is 0.250. The van der Waals surface area contributed by atoms with E-state index in [2.05, 4.69) is 11.0 Å². The van der Waals surface area contributed by atoms with E-state index in [1.54, 1.807) is 33.6 Å². The summed E-state index contributed by atoms with van der Waals surface area (Å²) < 4.78 is 16.3. The predicted molar refractivity (Wildman–Crippen MR) is 152 cm³/mol. The highest BCUT2D eigenvalue weighted by Gasteiger charge is 2.25. The van der Waals surface area contributed by atoms with Crippen LogP contribution in [0.3, 0.4) is 0 Å². The van der Waals surface area contributed by atoms with Gasteiger partial charge in [-0.3, -0.25) is 9.78 Å². The summed E-state index contributed by atoms with van der Waals surface area (Å²) in [5, 5.41) is 0. The SMILES string of the molecule is COc1ccc(C(c2ccc(OC)cc2)c2cc(C(=O)N3CCN(c4ccccc4OC)CC3)ccn2)cc1. The minimum Gasteiger partial charge on any atom is -0.497 e. The van der Waals surface area contributed by atoms with Gasteiger partial charge in [-0.15, -0.1) is 0 Å². The molecule has 1 amide bonds. The van der Waals surface area contributed by atoms with Crippen LogP contribution in [0.4, 0.5) is 5.69 Å². The van der Waals surface area contributed by atoms with E-state index in [0.717, 1.165) is 52.8 Å². The first-order chi connectivity index (χ1) is 19.1. The van der Waals surface area contributed by atoms with Crippen molar-refractivity contribution in [2.75, 3.05) is 52.4 Å². The molecule has 0 bridgehead atoms. The van der Waals surface area contributed by atoms with Gasteiger partial charge in [0.05, 0.1) is 38.6 Å². The van der Waals surface area contributed by atoms with Crippen LogP contribution >= 0.6 is 0 Å². The van der Waals surface area contributed by atoms with E-state index in [4.69, 9.17) is 19.2 Å². The van der Waals surface area contributed by atoms with Gasteiger partial charge >= 0.3 is 0 Å². The van der Waals surface area contributed by atoms with Gasteiger partial charge in [0.2, 0.25) is 0 Å². The van der Waals surface area contributed by atoms with Crippen LogP contribution in [0.15, 0.2) is 91.1 Å². The Balaban J connectivity index is 1.39. The molecule has 200 valence electrons. The van der Waals surface area contributed by atoms with Gasteiger partial charge in [-0.2, -0.15) is 0 Å². The van der Waals surface area contributed by atoms with E-state index >= 15 is 0 Å². The molecule has 4 aromatic rings. The van der Waals surface area contributed by atoms with Gasteiger partial charge in [-0.25, -0.2) is 0 Å². The van der Waals surface area contributed by atoms with Crippen molar-refractivity contribution in [3.63, 3.8) is 0 Å². The molecule has 1 aromatic heterocycles. The predicted octanol–water partition coefficient (Wildman–Crippen LogP) is 5.25. The summed E-state index contributed by atoms with van der Waals surface area (Å²) in [6, 6.07) is 27.7. The molecule has 39 heavy (non-hydrogen) atoms. The van der Waals surface area contributed by atoms with E-state index in [9.17, 15) is 4.79 Å². The highest BCUT2D eigenvalue weighted by Crippen LogP contribution is 2.33. The van der Waals surface area contributed by atoms with Crippen LogP contribution in [-0.4, -0.2) is 63.3 Å². The van der Waals surface area contributed by atoms with Crippen molar-refractivity contribution in [3.8, 4) is 17.2 Å². The van der Waals surface area contributed by atoms with Crippen molar-refractivity contribution >= 4 is 11.6 Å². The number of carbonyl (C=O) groups excluding carboxylic acids is 1. The molecule has 0 spiro atoms. The fourth-order valence-corrected chi connectivity index (χ4v) is 5.09. The Kier molecular flexibility index (Phi) is 7.96. The number of hydrogen-bond donors (Lipinski definition) is 0. The number of benzene rings is 3. The number of hydrogen-bond acceptors (Lipinski definition) is 6. The van der Waals surface area contributed by atoms with Crippen LogP contribution in [0.2, 0.25) is 0 Å². The lowest BCUT2D eigenvalue weighted by Gasteiger charge is -2.36. The maximum absolute atomic E-state index is 13.6. The number of rotatable bonds is 8. The molecule has 3 aromatic carbocycles. The summed E-state index contributed by atoms with van der Waals surface area (Å²) in [7, 11) is 5.00. The number of aromatic nitrogens is 1. The van der Waals surface area contributed by atoms with Crippen molar-refractivity contribution in [1.29, 1.82) is 0 Å². The molecule has 1 aliphatic heterocycles. The molecule has 1 aliphatic rings. The zero-order valence-corrected chi connectivity index (χ0v) is 22.5. The number of nitrogens with zero attached hydrogens (tertiary/aromatic N) is 3. The maximum Gasteiger partial charge on any atom is 0.254 e. The normalized spacial score (nSPS) is 13.3. The monoisotopic (exact) mass is 523 g/mol. The molecule has 0 atom stereocenters. The van der Waals surface area contributed by atoms with Crippen LogP contribution in [0.1, 0.15) is 33.1 Å². The van der Waals surface area contributed by atoms with Crippen molar-refractivity contribution in [2.45, 2.75) is 5.92 Å². The third kappa shape index (κ3) is 5.67. The number of ether oxygens (including phenoxy) is 3. The summed E-state index contributed by atoms with van der Waals surface area (Å²) in [5.74, 6) is 2.28. The number of methoxy groups -OCH3 is 3. The topological polar surface area (TPSA) is 64.1 Å². The van der Waals surface area contributed by atoms with E-state index < -0.39 is 0 Å². The number of amides is 1. The molecule has 0 aliphatic carbocycles. The van der Waals surface area contributed by atoms with Gasteiger partial charge in [0.15, 0.2) is 0 Å². The standard InChI is InChI=1S/C32H33N3O4/c1-37-26-12-8-23(9-13-26)31(24-10-14-27(38-2)15-11-24)28-22-25(16-17-33-28)32(36)35-20-18-34(19-21-35)29-6-4-5-7-30(29)39-3/h4-17,22,31H,18-21H2,1-3H3. The summed E-state index contributed by atoms with van der Waals surface area (Å²) >= 11 is 0. The molecule has 0 radical (unpaired) electrons. The molecule has 7 heteroatoms. The second-order valence-electron chi connectivity index (χ2n) is 9.40. The van der Waals surface area contributed by atoms with Gasteiger partial charge in [-0.1, -0.05) is 36.4 Å². The van der Waals surface area contributed by atoms with Gasteiger partial charge in [-0.05, 0) is 59.7 Å². The summed E-state index contributed by atoms with van der Waals surface area (Å²) in [4.78, 5) is 22.5. The Morgan fingerprint density at radius 2 is 1.33 bits per heavy atom. The third-order valence-corrected chi connectivity index (χ3v) is 7.21. The molecule has 7 nitrogen and oxygen atoms in total. The van der Waals surface area contributed by atoms with Crippen molar-refractivity contribution in [2.24, 2.45) is 0 Å². The number of piperazine rings is 1. The Hall–Kier alpha value is -4.52. The lowest BCUT2D eigenvalue weighted by Crippen LogP contribution is -2.48. The Bertz CT molecular complexity index is 1350. The molecule has 1 fully saturated rings. The minimum absolute atomic E-state index is 0.0153. The average Bonchev–Trinajstić information content (AvgIpc) is 3.01. The molecule has 0 unspecified atom stereocenters.